The predicted octanol–water partition coefficient (Wildman–Crippen LogP) is 2.94. The molecule has 0 saturated carbocycles. The highest BCUT2D eigenvalue weighted by molar-refractivity contribution is 7.80. The average molecular weight is 426 g/mol. The lowest BCUT2D eigenvalue weighted by Gasteiger charge is -2.31. The molecule has 1 unspecified atom stereocenters. The van der Waals surface area contributed by atoms with Crippen LogP contribution in [0.3, 0.4) is 0 Å². The van der Waals surface area contributed by atoms with E-state index in [1.54, 1.807) is 45.4 Å². The number of benzene rings is 2. The van der Waals surface area contributed by atoms with Gasteiger partial charge in [0, 0.05) is 13.0 Å². The lowest BCUT2D eigenvalue weighted by atomic mass is 9.94. The van der Waals surface area contributed by atoms with E-state index in [0.717, 1.165) is 11.1 Å². The Morgan fingerprint density at radius 2 is 1.83 bits per heavy atom. The second-order valence-corrected chi connectivity index (χ2v) is 7.42. The quantitative estimate of drug-likeness (QED) is 0.538. The maximum absolute atomic E-state index is 13.3. The minimum absolute atomic E-state index is 0.110. The van der Waals surface area contributed by atoms with E-state index in [0.29, 0.717) is 40.8 Å². The molecule has 2 aliphatic heterocycles. The lowest BCUT2D eigenvalue weighted by Crippen LogP contribution is -2.40. The van der Waals surface area contributed by atoms with Gasteiger partial charge >= 0.3 is 5.97 Å². The molecule has 2 aromatic carbocycles. The van der Waals surface area contributed by atoms with Crippen molar-refractivity contribution >= 4 is 34.9 Å². The summed E-state index contributed by atoms with van der Waals surface area (Å²) in [5.41, 5.74) is 3.02. The van der Waals surface area contributed by atoms with Crippen LogP contribution < -0.4 is 14.4 Å². The third-order valence-electron chi connectivity index (χ3n) is 5.39. The molecule has 0 aromatic heterocycles. The number of amides is 1. The fraction of sp³-hybridized carbons (Fsp3) is 0.318. The lowest BCUT2D eigenvalue weighted by molar-refractivity contribution is -0.120. The second kappa shape index (κ2) is 7.95. The number of carbonyl (C=O) groups excluding carboxylic acids is 2. The Kier molecular flexibility index (Phi) is 5.34. The summed E-state index contributed by atoms with van der Waals surface area (Å²) in [6, 6.07) is 10.2. The summed E-state index contributed by atoms with van der Waals surface area (Å²) in [7, 11) is 3.19. The van der Waals surface area contributed by atoms with E-state index in [4.69, 9.17) is 26.4 Å². The van der Waals surface area contributed by atoms with Gasteiger partial charge in [-0.3, -0.25) is 9.69 Å². The molecule has 0 bridgehead atoms. The molecule has 8 heteroatoms. The third kappa shape index (κ3) is 3.27. The van der Waals surface area contributed by atoms with E-state index in [2.05, 4.69) is 0 Å². The first kappa shape index (κ1) is 20.2. The predicted molar refractivity (Wildman–Crippen MR) is 115 cm³/mol. The first-order chi connectivity index (χ1) is 14.5. The van der Waals surface area contributed by atoms with Gasteiger partial charge in [-0.15, -0.1) is 0 Å². The van der Waals surface area contributed by atoms with E-state index in [1.807, 2.05) is 17.0 Å². The van der Waals surface area contributed by atoms with Crippen LogP contribution >= 0.6 is 12.2 Å². The number of esters is 1. The number of fused-ring (bicyclic) bond motifs is 2. The minimum Gasteiger partial charge on any atom is -0.493 e. The van der Waals surface area contributed by atoms with Crippen LogP contribution in [0.15, 0.2) is 36.4 Å². The van der Waals surface area contributed by atoms with Crippen LogP contribution in [0, 0.1) is 0 Å². The number of rotatable bonds is 5. The maximum atomic E-state index is 13.3. The van der Waals surface area contributed by atoms with Crippen molar-refractivity contribution in [3.05, 3.63) is 53.1 Å². The zero-order valence-electron chi connectivity index (χ0n) is 17.0. The van der Waals surface area contributed by atoms with Crippen LogP contribution in [0.5, 0.6) is 11.5 Å². The second-order valence-electron chi connectivity index (χ2n) is 7.05. The van der Waals surface area contributed by atoms with Gasteiger partial charge in [-0.05, 0) is 60.6 Å². The van der Waals surface area contributed by atoms with E-state index < -0.39 is 12.0 Å². The Morgan fingerprint density at radius 1 is 1.13 bits per heavy atom. The van der Waals surface area contributed by atoms with Gasteiger partial charge in [0.05, 0.1) is 32.1 Å². The molecule has 2 aliphatic rings. The Labute approximate surface area is 180 Å². The molecule has 0 spiro atoms. The fourth-order valence-corrected chi connectivity index (χ4v) is 4.32. The van der Waals surface area contributed by atoms with Gasteiger partial charge in [0.2, 0.25) is 0 Å². The summed E-state index contributed by atoms with van der Waals surface area (Å²) in [6.07, 6.45) is 0.517. The minimum atomic E-state index is -0.429. The third-order valence-corrected chi connectivity index (χ3v) is 5.81. The average Bonchev–Trinajstić information content (AvgIpc) is 3.00. The number of carbonyl (C=O) groups is 2. The van der Waals surface area contributed by atoms with Gasteiger partial charge in [0.15, 0.2) is 16.6 Å². The van der Waals surface area contributed by atoms with Gasteiger partial charge in [-0.25, -0.2) is 4.79 Å². The smallest absolute Gasteiger partial charge is 0.338 e. The van der Waals surface area contributed by atoms with E-state index in [1.165, 1.54) is 4.90 Å². The number of anilines is 1. The topological polar surface area (TPSA) is 68.3 Å². The van der Waals surface area contributed by atoms with E-state index >= 15 is 0 Å². The van der Waals surface area contributed by atoms with Crippen molar-refractivity contribution in [2.75, 3.05) is 25.7 Å². The zero-order chi connectivity index (χ0) is 21.4. The van der Waals surface area contributed by atoms with Crippen molar-refractivity contribution in [3.63, 3.8) is 0 Å². The summed E-state index contributed by atoms with van der Waals surface area (Å²) >= 11 is 5.66. The highest BCUT2D eigenvalue weighted by Crippen LogP contribution is 2.38. The zero-order valence-corrected chi connectivity index (χ0v) is 17.8. The van der Waals surface area contributed by atoms with E-state index in [-0.39, 0.29) is 12.5 Å². The van der Waals surface area contributed by atoms with Crippen molar-refractivity contribution in [1.29, 1.82) is 0 Å². The van der Waals surface area contributed by atoms with Crippen molar-refractivity contribution in [3.8, 4) is 11.5 Å². The summed E-state index contributed by atoms with van der Waals surface area (Å²) in [5, 5.41) is 0.423. The van der Waals surface area contributed by atoms with E-state index in [9.17, 15) is 9.59 Å². The fourth-order valence-electron chi connectivity index (χ4n) is 3.93. The van der Waals surface area contributed by atoms with Gasteiger partial charge in [-0.1, -0.05) is 6.07 Å². The van der Waals surface area contributed by atoms with Crippen LogP contribution in [0.1, 0.15) is 28.4 Å². The number of ether oxygens (including phenoxy) is 3. The molecular weight excluding hydrogens is 404 g/mol. The first-order valence-corrected chi connectivity index (χ1v) is 10.0. The Bertz CT molecular complexity index is 987. The number of nitrogens with zero attached hydrogens (tertiary/aromatic N) is 2. The molecule has 156 valence electrons. The van der Waals surface area contributed by atoms with Crippen LogP contribution in [-0.2, 0) is 22.5 Å². The summed E-state index contributed by atoms with van der Waals surface area (Å²) in [5.74, 6) is 0.740. The van der Waals surface area contributed by atoms with Gasteiger partial charge < -0.3 is 19.1 Å². The number of methoxy groups -OCH3 is 2. The highest BCUT2D eigenvalue weighted by atomic mass is 32.1. The molecule has 4 rings (SSSR count). The molecule has 1 fully saturated rings. The standard InChI is InChI=1S/C22H22N2O5S/c1-4-29-21(26)13-6-5-7-16(8-13)24-20(25)17-9-14-10-18(27-2)19(28-3)11-15(14)12-23(17)22(24)30/h5-8,10-11,17H,4,9,12H2,1-3H3. The van der Waals surface area contributed by atoms with Crippen molar-refractivity contribution in [1.82, 2.24) is 4.90 Å². The monoisotopic (exact) mass is 426 g/mol. The molecule has 30 heavy (non-hydrogen) atoms. The SMILES string of the molecule is CCOC(=O)c1cccc(N2C(=O)C3Cc4cc(OC)c(OC)cc4CN3C2=S)c1. The van der Waals surface area contributed by atoms with Gasteiger partial charge in [0.1, 0.15) is 6.04 Å². The van der Waals surface area contributed by atoms with Crippen LogP contribution in [0.25, 0.3) is 0 Å². The number of hydrogen-bond acceptors (Lipinski definition) is 6. The van der Waals surface area contributed by atoms with Gasteiger partial charge in [-0.2, -0.15) is 0 Å². The molecule has 0 aliphatic carbocycles. The van der Waals surface area contributed by atoms with Gasteiger partial charge in [0.25, 0.3) is 5.91 Å². The molecule has 1 amide bonds. The summed E-state index contributed by atoms with van der Waals surface area (Å²) < 4.78 is 15.9. The Balaban J connectivity index is 1.66. The largest absolute Gasteiger partial charge is 0.493 e. The first-order valence-electron chi connectivity index (χ1n) is 9.64. The van der Waals surface area contributed by atoms with Crippen LogP contribution in [-0.4, -0.2) is 48.8 Å². The molecule has 1 atom stereocenters. The highest BCUT2D eigenvalue weighted by Gasteiger charge is 2.45. The summed E-state index contributed by atoms with van der Waals surface area (Å²) in [6.45, 7) is 2.53. The summed E-state index contributed by atoms with van der Waals surface area (Å²) in [4.78, 5) is 28.8. The number of thiocarbonyl (C=S) groups is 1. The Hall–Kier alpha value is -3.13. The maximum Gasteiger partial charge on any atom is 0.338 e. The molecule has 1 saturated heterocycles. The van der Waals surface area contributed by atoms with Crippen LogP contribution in [0.2, 0.25) is 0 Å². The van der Waals surface area contributed by atoms with Crippen molar-refractivity contribution in [2.24, 2.45) is 0 Å². The molecular formula is C22H22N2O5S. The van der Waals surface area contributed by atoms with Crippen molar-refractivity contribution < 1.29 is 23.8 Å². The van der Waals surface area contributed by atoms with Crippen molar-refractivity contribution in [2.45, 2.75) is 25.9 Å². The molecule has 2 heterocycles. The normalized spacial score (nSPS) is 17.5. The molecule has 7 nitrogen and oxygen atoms in total. The number of hydrogen-bond donors (Lipinski definition) is 0. The molecule has 0 N–H and O–H groups in total. The Morgan fingerprint density at radius 3 is 2.50 bits per heavy atom. The molecule has 0 radical (unpaired) electrons. The van der Waals surface area contributed by atoms with Crippen LogP contribution in [0.4, 0.5) is 5.69 Å². The molecule has 2 aromatic rings.